The van der Waals surface area contributed by atoms with Crippen molar-refractivity contribution in [2.24, 2.45) is 0 Å². The summed E-state index contributed by atoms with van der Waals surface area (Å²) < 4.78 is 11.8. The highest BCUT2D eigenvalue weighted by molar-refractivity contribution is 5.99. The van der Waals surface area contributed by atoms with Crippen LogP contribution < -0.4 is 10.2 Å². The fourth-order valence-electron chi connectivity index (χ4n) is 4.41. The van der Waals surface area contributed by atoms with Gasteiger partial charge in [0.25, 0.3) is 5.91 Å². The molecule has 2 aromatic heterocycles. The summed E-state index contributed by atoms with van der Waals surface area (Å²) in [5.74, 6) is 0.576. The molecule has 0 aliphatic carbocycles. The van der Waals surface area contributed by atoms with Gasteiger partial charge in [0.1, 0.15) is 11.3 Å². The monoisotopic (exact) mass is 454 g/mol. The largest absolute Gasteiger partial charge is 0.494 e. The minimum absolute atomic E-state index is 0.110. The Hall–Kier alpha value is -3.93. The topological polar surface area (TPSA) is 72.6 Å². The molecule has 0 saturated carbocycles. The third-order valence-electron chi connectivity index (χ3n) is 6.16. The van der Waals surface area contributed by atoms with E-state index in [1.54, 1.807) is 23.4 Å². The van der Waals surface area contributed by atoms with E-state index in [1.807, 2.05) is 55.5 Å². The van der Waals surface area contributed by atoms with E-state index >= 15 is 0 Å². The molecule has 0 spiro atoms. The molecule has 1 aliphatic heterocycles. The van der Waals surface area contributed by atoms with E-state index in [4.69, 9.17) is 9.15 Å². The summed E-state index contributed by atoms with van der Waals surface area (Å²) >= 11 is 0. The molecule has 172 valence electrons. The second-order valence-electron chi connectivity index (χ2n) is 8.64. The standard InChI is InChI=1S/C28H26N2O4/c1-3-4-14-33-21-10-8-20(9-11-21)25-24-26(31)22-15-18(2)7-12-23(22)34-27(24)28(32)30(25)17-19-6-5-13-29-16-19/h5-13,15-16,25H,3-4,14,17H2,1-2H3/t25-/m0/s1. The molecule has 1 atom stereocenters. The number of unbranched alkanes of at least 4 members (excludes halogenated alkanes) is 1. The van der Waals surface area contributed by atoms with Gasteiger partial charge < -0.3 is 14.1 Å². The number of aromatic nitrogens is 1. The van der Waals surface area contributed by atoms with Crippen molar-refractivity contribution in [1.82, 2.24) is 9.88 Å². The maximum absolute atomic E-state index is 13.7. The van der Waals surface area contributed by atoms with Gasteiger partial charge in [0.15, 0.2) is 5.43 Å². The highest BCUT2D eigenvalue weighted by Gasteiger charge is 2.42. The molecule has 0 saturated heterocycles. The molecular formula is C28H26N2O4. The van der Waals surface area contributed by atoms with Crippen LogP contribution in [0.5, 0.6) is 5.75 Å². The predicted molar refractivity (Wildman–Crippen MR) is 130 cm³/mol. The van der Waals surface area contributed by atoms with Crippen molar-refractivity contribution in [2.45, 2.75) is 39.3 Å². The molecule has 0 fully saturated rings. The van der Waals surface area contributed by atoms with Gasteiger partial charge in [-0.25, -0.2) is 0 Å². The van der Waals surface area contributed by atoms with Crippen molar-refractivity contribution in [3.05, 3.63) is 105 Å². The molecule has 0 bridgehead atoms. The van der Waals surface area contributed by atoms with Gasteiger partial charge in [-0.15, -0.1) is 0 Å². The number of benzene rings is 2. The normalized spacial score (nSPS) is 15.1. The van der Waals surface area contributed by atoms with Crippen molar-refractivity contribution in [3.63, 3.8) is 0 Å². The lowest BCUT2D eigenvalue weighted by Gasteiger charge is -2.25. The first kappa shape index (κ1) is 21.9. The molecule has 5 rings (SSSR count). The minimum Gasteiger partial charge on any atom is -0.494 e. The number of nitrogens with zero attached hydrogens (tertiary/aromatic N) is 2. The first-order valence-corrected chi connectivity index (χ1v) is 11.6. The Bertz CT molecular complexity index is 1390. The van der Waals surface area contributed by atoms with Gasteiger partial charge in [0, 0.05) is 18.9 Å². The number of amides is 1. The van der Waals surface area contributed by atoms with Crippen LogP contribution in [0.3, 0.4) is 0 Å². The van der Waals surface area contributed by atoms with Crippen molar-refractivity contribution in [2.75, 3.05) is 6.61 Å². The number of hydrogen-bond acceptors (Lipinski definition) is 5. The Balaban J connectivity index is 1.62. The Labute approximate surface area is 197 Å². The van der Waals surface area contributed by atoms with Gasteiger partial charge in [0.2, 0.25) is 5.76 Å². The summed E-state index contributed by atoms with van der Waals surface area (Å²) in [5, 5.41) is 0.485. The van der Waals surface area contributed by atoms with E-state index in [2.05, 4.69) is 11.9 Å². The van der Waals surface area contributed by atoms with Crippen LogP contribution in [0.25, 0.3) is 11.0 Å². The van der Waals surface area contributed by atoms with Gasteiger partial charge in [0.05, 0.1) is 23.6 Å². The van der Waals surface area contributed by atoms with E-state index in [9.17, 15) is 9.59 Å². The Kier molecular flexibility index (Phi) is 5.88. The van der Waals surface area contributed by atoms with Crippen LogP contribution in [0.2, 0.25) is 0 Å². The van der Waals surface area contributed by atoms with Gasteiger partial charge >= 0.3 is 0 Å². The highest BCUT2D eigenvalue weighted by Crippen LogP contribution is 2.39. The Morgan fingerprint density at radius 2 is 1.91 bits per heavy atom. The molecule has 4 aromatic rings. The lowest BCUT2D eigenvalue weighted by molar-refractivity contribution is 0.0714. The van der Waals surface area contributed by atoms with Crippen LogP contribution in [0, 0.1) is 6.92 Å². The van der Waals surface area contributed by atoms with Gasteiger partial charge in [-0.1, -0.05) is 43.2 Å². The Morgan fingerprint density at radius 3 is 2.65 bits per heavy atom. The number of fused-ring (bicyclic) bond motifs is 2. The molecule has 0 unspecified atom stereocenters. The summed E-state index contributed by atoms with van der Waals surface area (Å²) in [5.41, 5.74) is 3.30. The zero-order chi connectivity index (χ0) is 23.7. The lowest BCUT2D eigenvalue weighted by Crippen LogP contribution is -2.29. The summed E-state index contributed by atoms with van der Waals surface area (Å²) in [6.45, 7) is 5.02. The van der Waals surface area contributed by atoms with E-state index < -0.39 is 6.04 Å². The third-order valence-corrected chi connectivity index (χ3v) is 6.16. The molecule has 6 heteroatoms. The molecular weight excluding hydrogens is 428 g/mol. The van der Waals surface area contributed by atoms with E-state index in [0.29, 0.717) is 29.7 Å². The zero-order valence-corrected chi connectivity index (χ0v) is 19.3. The lowest BCUT2D eigenvalue weighted by atomic mass is 9.98. The third kappa shape index (κ3) is 3.96. The molecule has 3 heterocycles. The van der Waals surface area contributed by atoms with Crippen LogP contribution in [0.4, 0.5) is 0 Å². The molecule has 6 nitrogen and oxygen atoms in total. The van der Waals surface area contributed by atoms with Crippen LogP contribution >= 0.6 is 0 Å². The maximum atomic E-state index is 13.7. The maximum Gasteiger partial charge on any atom is 0.291 e. The molecule has 34 heavy (non-hydrogen) atoms. The van der Waals surface area contributed by atoms with Crippen molar-refractivity contribution < 1.29 is 13.9 Å². The van der Waals surface area contributed by atoms with Gasteiger partial charge in [-0.3, -0.25) is 14.6 Å². The molecule has 0 N–H and O–H groups in total. The van der Waals surface area contributed by atoms with E-state index in [1.165, 1.54) is 0 Å². The van der Waals surface area contributed by atoms with E-state index in [0.717, 1.165) is 35.3 Å². The average Bonchev–Trinajstić information content (AvgIpc) is 3.12. The van der Waals surface area contributed by atoms with Crippen molar-refractivity contribution in [1.29, 1.82) is 0 Å². The number of aryl methyl sites for hydroxylation is 1. The minimum atomic E-state index is -0.562. The number of pyridine rings is 1. The summed E-state index contributed by atoms with van der Waals surface area (Å²) in [6.07, 6.45) is 5.47. The first-order valence-electron chi connectivity index (χ1n) is 11.6. The van der Waals surface area contributed by atoms with Crippen LogP contribution in [0.1, 0.15) is 58.6 Å². The van der Waals surface area contributed by atoms with Crippen LogP contribution in [-0.4, -0.2) is 22.4 Å². The molecule has 0 radical (unpaired) electrons. The number of carbonyl (C=O) groups excluding carboxylic acids is 1. The number of hydrogen-bond donors (Lipinski definition) is 0. The number of rotatable bonds is 7. The zero-order valence-electron chi connectivity index (χ0n) is 19.3. The van der Waals surface area contributed by atoms with Crippen LogP contribution in [0.15, 0.2) is 76.2 Å². The molecule has 1 aliphatic rings. The predicted octanol–water partition coefficient (Wildman–Crippen LogP) is 5.42. The molecule has 2 aromatic carbocycles. The summed E-state index contributed by atoms with van der Waals surface area (Å²) in [7, 11) is 0. The first-order chi connectivity index (χ1) is 16.6. The smallest absolute Gasteiger partial charge is 0.291 e. The quantitative estimate of drug-likeness (QED) is 0.349. The SMILES string of the molecule is CCCCOc1ccc([C@H]2c3c(oc4ccc(C)cc4c3=O)C(=O)N2Cc2cccnc2)cc1. The number of carbonyl (C=O) groups is 1. The average molecular weight is 455 g/mol. The van der Waals surface area contributed by atoms with Gasteiger partial charge in [-0.05, 0) is 54.8 Å². The van der Waals surface area contributed by atoms with Crippen LogP contribution in [-0.2, 0) is 6.54 Å². The fraction of sp³-hybridized carbons (Fsp3) is 0.250. The second-order valence-corrected chi connectivity index (χ2v) is 8.64. The Morgan fingerprint density at radius 1 is 1.09 bits per heavy atom. The number of ether oxygens (including phenoxy) is 1. The molecule has 1 amide bonds. The fourth-order valence-corrected chi connectivity index (χ4v) is 4.41. The summed E-state index contributed by atoms with van der Waals surface area (Å²) in [4.78, 5) is 33.1. The second kappa shape index (κ2) is 9.14. The van der Waals surface area contributed by atoms with Crippen molar-refractivity contribution in [3.8, 4) is 5.75 Å². The van der Waals surface area contributed by atoms with E-state index in [-0.39, 0.29) is 17.1 Å². The summed E-state index contributed by atoms with van der Waals surface area (Å²) in [6, 6.07) is 16.3. The highest BCUT2D eigenvalue weighted by atomic mass is 16.5. The van der Waals surface area contributed by atoms with Gasteiger partial charge in [-0.2, -0.15) is 0 Å². The van der Waals surface area contributed by atoms with Crippen molar-refractivity contribution >= 4 is 16.9 Å².